The highest BCUT2D eigenvalue weighted by atomic mass is 32.2. The maximum Gasteiger partial charge on any atom is 0.265 e. The number of thioether (sulfide) groups is 1. The molecule has 0 aromatic heterocycles. The first-order valence-corrected chi connectivity index (χ1v) is 16.2. The van der Waals surface area contributed by atoms with Crippen LogP contribution in [0.2, 0.25) is 0 Å². The Morgan fingerprint density at radius 1 is 1.02 bits per heavy atom. The van der Waals surface area contributed by atoms with Gasteiger partial charge in [0.2, 0.25) is 0 Å². The van der Waals surface area contributed by atoms with Gasteiger partial charge in [-0.05, 0) is 69.0 Å². The molecule has 220 valence electrons. The molecule has 1 heterocycles. The first kappa shape index (κ1) is 30.2. The average Bonchev–Trinajstić information content (AvgIpc) is 3.02. The Morgan fingerprint density at radius 3 is 2.48 bits per heavy atom. The quantitative estimate of drug-likeness (QED) is 0.167. The van der Waals surface area contributed by atoms with Crippen LogP contribution >= 0.6 is 11.8 Å². The Kier molecular flexibility index (Phi) is 10.3. The smallest absolute Gasteiger partial charge is 0.265 e. The third-order valence-electron chi connectivity index (χ3n) is 8.67. The Bertz CT molecular complexity index is 1410. The van der Waals surface area contributed by atoms with Gasteiger partial charge in [-0.15, -0.1) is 0 Å². The van der Waals surface area contributed by atoms with Gasteiger partial charge in [0.05, 0.1) is 17.1 Å². The van der Waals surface area contributed by atoms with E-state index < -0.39 is 0 Å². The minimum absolute atomic E-state index is 0.156. The second-order valence-electron chi connectivity index (χ2n) is 11.5. The van der Waals surface area contributed by atoms with E-state index in [0.29, 0.717) is 34.5 Å². The van der Waals surface area contributed by atoms with Crippen LogP contribution in [0.15, 0.2) is 82.6 Å². The fourth-order valence-corrected chi connectivity index (χ4v) is 7.17. The molecular formula is C36H41FN2O2S. The maximum absolute atomic E-state index is 14.5. The number of halogens is 1. The van der Waals surface area contributed by atoms with Crippen molar-refractivity contribution in [3.8, 4) is 0 Å². The summed E-state index contributed by atoms with van der Waals surface area (Å²) in [5.41, 5.74) is 2.82. The molecule has 1 amide bonds. The van der Waals surface area contributed by atoms with Gasteiger partial charge in [0.1, 0.15) is 5.82 Å². The van der Waals surface area contributed by atoms with Gasteiger partial charge in [0.15, 0.2) is 5.78 Å². The summed E-state index contributed by atoms with van der Waals surface area (Å²) in [7, 11) is 0. The third kappa shape index (κ3) is 7.22. The van der Waals surface area contributed by atoms with E-state index in [1.165, 1.54) is 49.9 Å². The van der Waals surface area contributed by atoms with E-state index in [9.17, 15) is 14.0 Å². The van der Waals surface area contributed by atoms with Crippen molar-refractivity contribution >= 4 is 35.2 Å². The van der Waals surface area contributed by atoms with Gasteiger partial charge in [-0.25, -0.2) is 4.39 Å². The van der Waals surface area contributed by atoms with Crippen molar-refractivity contribution in [3.05, 3.63) is 100 Å². The first-order chi connectivity index (χ1) is 20.4. The van der Waals surface area contributed by atoms with Crippen LogP contribution in [0.4, 0.5) is 10.1 Å². The number of ketones is 1. The molecule has 1 aliphatic heterocycles. The lowest BCUT2D eigenvalue weighted by Crippen LogP contribution is -2.43. The second kappa shape index (κ2) is 14.3. The normalized spacial score (nSPS) is 17.5. The number of carbonyl (C=O) groups excluding carboxylic acids is 2. The fourth-order valence-electron chi connectivity index (χ4n) is 6.11. The lowest BCUT2D eigenvalue weighted by molar-refractivity contribution is -0.114. The van der Waals surface area contributed by atoms with Gasteiger partial charge in [-0.2, -0.15) is 0 Å². The number of fused-ring (bicyclic) bond motifs is 1. The molecule has 3 aromatic carbocycles. The number of rotatable bonds is 11. The van der Waals surface area contributed by atoms with Crippen LogP contribution in [0.3, 0.4) is 0 Å². The van der Waals surface area contributed by atoms with Gasteiger partial charge in [0.25, 0.3) is 5.91 Å². The third-order valence-corrected chi connectivity index (χ3v) is 9.75. The van der Waals surface area contributed by atoms with Gasteiger partial charge in [-0.1, -0.05) is 92.5 Å². The minimum atomic E-state index is -0.326. The van der Waals surface area contributed by atoms with E-state index in [2.05, 4.69) is 18.7 Å². The number of benzene rings is 3. The zero-order chi connectivity index (χ0) is 29.5. The molecule has 5 rings (SSSR count). The highest BCUT2D eigenvalue weighted by Gasteiger charge is 2.30. The van der Waals surface area contributed by atoms with E-state index in [0.717, 1.165) is 35.5 Å². The van der Waals surface area contributed by atoms with Crippen molar-refractivity contribution in [2.45, 2.75) is 88.7 Å². The van der Waals surface area contributed by atoms with Gasteiger partial charge >= 0.3 is 0 Å². The van der Waals surface area contributed by atoms with Crippen LogP contribution in [-0.4, -0.2) is 35.2 Å². The lowest BCUT2D eigenvalue weighted by Gasteiger charge is -2.38. The number of para-hydroxylation sites is 1. The molecule has 42 heavy (non-hydrogen) atoms. The lowest BCUT2D eigenvalue weighted by atomic mass is 9.92. The van der Waals surface area contributed by atoms with Crippen LogP contribution in [-0.2, 0) is 11.3 Å². The Morgan fingerprint density at radius 2 is 1.74 bits per heavy atom. The predicted octanol–water partition coefficient (Wildman–Crippen LogP) is 8.90. The Labute approximate surface area is 254 Å². The van der Waals surface area contributed by atoms with Gasteiger partial charge in [-0.3, -0.25) is 14.5 Å². The Balaban J connectivity index is 1.25. The van der Waals surface area contributed by atoms with Gasteiger partial charge in [0, 0.05) is 34.5 Å². The van der Waals surface area contributed by atoms with Crippen molar-refractivity contribution in [2.24, 2.45) is 0 Å². The number of carbonyl (C=O) groups is 2. The van der Waals surface area contributed by atoms with E-state index >= 15 is 0 Å². The molecule has 1 saturated carbocycles. The molecule has 2 aliphatic rings. The van der Waals surface area contributed by atoms with E-state index in [4.69, 9.17) is 0 Å². The molecule has 0 radical (unpaired) electrons. The number of hydrogen-bond donors (Lipinski definition) is 0. The molecule has 3 aromatic rings. The molecule has 6 heteroatoms. The summed E-state index contributed by atoms with van der Waals surface area (Å²) in [6.45, 7) is 5.70. The molecule has 1 fully saturated rings. The van der Waals surface area contributed by atoms with E-state index in [1.807, 2.05) is 54.6 Å². The van der Waals surface area contributed by atoms with E-state index in [-0.39, 0.29) is 24.1 Å². The summed E-state index contributed by atoms with van der Waals surface area (Å²) in [5, 5.41) is 0. The summed E-state index contributed by atoms with van der Waals surface area (Å²) < 4.78 is 14.5. The van der Waals surface area contributed by atoms with Crippen LogP contribution in [0, 0.1) is 5.82 Å². The highest BCUT2D eigenvalue weighted by molar-refractivity contribution is 8.04. The van der Waals surface area contributed by atoms with Crippen molar-refractivity contribution in [1.29, 1.82) is 0 Å². The van der Waals surface area contributed by atoms with Crippen molar-refractivity contribution in [3.63, 3.8) is 0 Å². The highest BCUT2D eigenvalue weighted by Crippen LogP contribution is 2.42. The number of hydrogen-bond acceptors (Lipinski definition) is 4. The molecule has 0 saturated heterocycles. The number of anilines is 1. The largest absolute Gasteiger partial charge is 0.302 e. The standard InChI is InChI=1S/C36H41FN2O2S/c1-3-26(2)38(30-13-5-4-6-14-30)23-11-17-33(40)28-21-19-27(20-22-28)24-35-36(41)39(25-29-12-7-8-15-31(29)37)32-16-9-10-18-34(32)42-35/h7-10,12,15-16,18-22,24,26,30H,3-6,11,13-14,17,23,25H2,1-2H3/b35-24+. The summed E-state index contributed by atoms with van der Waals surface area (Å²) in [4.78, 5) is 32.5. The van der Waals surface area contributed by atoms with E-state index in [1.54, 1.807) is 23.1 Å². The first-order valence-electron chi connectivity index (χ1n) is 15.4. The molecule has 0 spiro atoms. The zero-order valence-corrected chi connectivity index (χ0v) is 25.5. The van der Waals surface area contributed by atoms with Crippen LogP contribution in [0.25, 0.3) is 6.08 Å². The summed E-state index contributed by atoms with van der Waals surface area (Å²) in [5.74, 6) is -0.325. The number of nitrogens with zero attached hydrogens (tertiary/aromatic N) is 2. The SMILES string of the molecule is CCC(C)N(CCCC(=O)c1ccc(/C=C2/Sc3ccccc3N(Cc3ccccc3F)C2=O)cc1)C1CCCCC1. The molecule has 0 bridgehead atoms. The van der Waals surface area contributed by atoms with Crippen LogP contribution < -0.4 is 4.90 Å². The molecular weight excluding hydrogens is 543 g/mol. The monoisotopic (exact) mass is 584 g/mol. The average molecular weight is 585 g/mol. The molecule has 0 N–H and O–H groups in total. The predicted molar refractivity (Wildman–Crippen MR) is 171 cm³/mol. The van der Waals surface area contributed by atoms with Crippen molar-refractivity contribution in [2.75, 3.05) is 11.4 Å². The van der Waals surface area contributed by atoms with Crippen LogP contribution in [0.5, 0.6) is 0 Å². The zero-order valence-electron chi connectivity index (χ0n) is 24.7. The van der Waals surface area contributed by atoms with Crippen molar-refractivity contribution < 1.29 is 14.0 Å². The Hall–Kier alpha value is -3.22. The fraction of sp³-hybridized carbons (Fsp3) is 0.389. The summed E-state index contributed by atoms with van der Waals surface area (Å²) >= 11 is 1.42. The summed E-state index contributed by atoms with van der Waals surface area (Å²) in [6.07, 6.45) is 10.9. The maximum atomic E-state index is 14.5. The molecule has 1 atom stereocenters. The molecule has 1 aliphatic carbocycles. The molecule has 4 nitrogen and oxygen atoms in total. The molecule has 1 unspecified atom stereocenters. The van der Waals surface area contributed by atoms with Crippen molar-refractivity contribution in [1.82, 2.24) is 4.90 Å². The van der Waals surface area contributed by atoms with Crippen LogP contribution in [0.1, 0.15) is 86.7 Å². The number of Topliss-reactive ketones (excluding diaryl/α,β-unsaturated/α-hetero) is 1. The topological polar surface area (TPSA) is 40.6 Å². The van der Waals surface area contributed by atoms with Gasteiger partial charge < -0.3 is 4.90 Å². The summed E-state index contributed by atoms with van der Waals surface area (Å²) in [6, 6.07) is 23.0. The number of amides is 1. The minimum Gasteiger partial charge on any atom is -0.302 e. The second-order valence-corrected chi connectivity index (χ2v) is 12.6.